The molecule has 0 aliphatic rings. The number of hydrogen-bond donors (Lipinski definition) is 1. The van der Waals surface area contributed by atoms with Crippen LogP contribution in [0.3, 0.4) is 0 Å². The van der Waals surface area contributed by atoms with Crippen LogP contribution < -0.4 is 10.5 Å². The van der Waals surface area contributed by atoms with Crippen LogP contribution in [0.4, 0.5) is 0 Å². The molecule has 1 aromatic rings. The lowest BCUT2D eigenvalue weighted by atomic mass is 10.0. The van der Waals surface area contributed by atoms with Gasteiger partial charge in [0.1, 0.15) is 11.9 Å². The Morgan fingerprint density at radius 2 is 2.19 bits per heavy atom. The molecule has 16 heavy (non-hydrogen) atoms. The van der Waals surface area contributed by atoms with Crippen molar-refractivity contribution >= 4 is 0 Å². The summed E-state index contributed by atoms with van der Waals surface area (Å²) in [7, 11) is 0. The molecule has 1 aromatic carbocycles. The Hall–Kier alpha value is -1.53. The highest BCUT2D eigenvalue weighted by Gasteiger charge is 2.11. The minimum Gasteiger partial charge on any atom is -0.489 e. The Morgan fingerprint density at radius 1 is 1.50 bits per heavy atom. The van der Waals surface area contributed by atoms with Crippen LogP contribution in [0.1, 0.15) is 30.5 Å². The van der Waals surface area contributed by atoms with E-state index in [0.29, 0.717) is 12.1 Å². The zero-order valence-corrected chi connectivity index (χ0v) is 10.1. The van der Waals surface area contributed by atoms with E-state index in [2.05, 4.69) is 13.0 Å². The van der Waals surface area contributed by atoms with Crippen molar-refractivity contribution < 1.29 is 4.74 Å². The summed E-state index contributed by atoms with van der Waals surface area (Å²) in [6, 6.07) is 5.88. The number of nitrogens with two attached hydrogens (primary N) is 1. The van der Waals surface area contributed by atoms with Crippen molar-refractivity contribution in [3.63, 3.8) is 0 Å². The summed E-state index contributed by atoms with van der Waals surface area (Å²) in [6.07, 6.45) is 0.847. The van der Waals surface area contributed by atoms with Gasteiger partial charge in [0, 0.05) is 6.54 Å². The maximum absolute atomic E-state index is 8.89. The van der Waals surface area contributed by atoms with Crippen molar-refractivity contribution in [2.45, 2.75) is 33.3 Å². The van der Waals surface area contributed by atoms with Gasteiger partial charge in [0.15, 0.2) is 0 Å². The molecule has 0 radical (unpaired) electrons. The summed E-state index contributed by atoms with van der Waals surface area (Å²) in [6.45, 7) is 6.44. The van der Waals surface area contributed by atoms with Gasteiger partial charge in [0.25, 0.3) is 0 Å². The van der Waals surface area contributed by atoms with Crippen LogP contribution in [0.5, 0.6) is 5.75 Å². The number of ether oxygens (including phenoxy) is 1. The number of aryl methyl sites for hydroxylation is 2. The normalized spacial score (nSPS) is 11.9. The number of rotatable bonds is 4. The Bertz CT molecular complexity index is 407. The number of benzene rings is 1. The molecule has 0 amide bonds. The Labute approximate surface area is 96.8 Å². The fourth-order valence-corrected chi connectivity index (χ4v) is 1.59. The van der Waals surface area contributed by atoms with Gasteiger partial charge in [0.05, 0.1) is 11.6 Å². The molecule has 3 heteroatoms. The average Bonchev–Trinajstić information content (AvgIpc) is 2.30. The lowest BCUT2D eigenvalue weighted by Gasteiger charge is -2.18. The maximum Gasteiger partial charge on any atom is 0.125 e. The second kappa shape index (κ2) is 5.53. The Morgan fingerprint density at radius 3 is 2.69 bits per heavy atom. The van der Waals surface area contributed by atoms with Gasteiger partial charge >= 0.3 is 0 Å². The molecule has 0 aliphatic heterocycles. The molecule has 0 unspecified atom stereocenters. The second-order valence-corrected chi connectivity index (χ2v) is 3.91. The summed E-state index contributed by atoms with van der Waals surface area (Å²) in [5.41, 5.74) is 8.29. The van der Waals surface area contributed by atoms with Gasteiger partial charge in [-0.05, 0) is 43.5 Å². The van der Waals surface area contributed by atoms with Gasteiger partial charge in [-0.2, -0.15) is 5.26 Å². The third-order valence-corrected chi connectivity index (χ3v) is 2.51. The highest BCUT2D eigenvalue weighted by atomic mass is 16.5. The van der Waals surface area contributed by atoms with Crippen LogP contribution in [0.15, 0.2) is 12.1 Å². The molecule has 0 fully saturated rings. The molecule has 0 heterocycles. The van der Waals surface area contributed by atoms with E-state index >= 15 is 0 Å². The molecule has 2 N–H and O–H groups in total. The first-order valence-electron chi connectivity index (χ1n) is 5.52. The second-order valence-electron chi connectivity index (χ2n) is 3.91. The molecule has 1 atom stereocenters. The minimum absolute atomic E-state index is 0.00284. The van der Waals surface area contributed by atoms with Crippen LogP contribution in [0.25, 0.3) is 0 Å². The molecule has 3 nitrogen and oxygen atoms in total. The van der Waals surface area contributed by atoms with Gasteiger partial charge in [-0.15, -0.1) is 0 Å². The molecule has 0 aliphatic carbocycles. The number of hydrogen-bond acceptors (Lipinski definition) is 3. The summed E-state index contributed by atoms with van der Waals surface area (Å²) in [4.78, 5) is 0. The minimum atomic E-state index is -0.00284. The fraction of sp³-hybridized carbons (Fsp3) is 0.462. The van der Waals surface area contributed by atoms with Crippen LogP contribution in [0, 0.1) is 18.3 Å². The van der Waals surface area contributed by atoms with Crippen LogP contribution in [0.2, 0.25) is 0 Å². The van der Waals surface area contributed by atoms with Crippen molar-refractivity contribution in [1.29, 1.82) is 5.26 Å². The monoisotopic (exact) mass is 218 g/mol. The zero-order valence-electron chi connectivity index (χ0n) is 10.1. The number of nitrogens with zero attached hydrogens (tertiary/aromatic N) is 1. The Kier molecular flexibility index (Phi) is 4.33. The van der Waals surface area contributed by atoms with Gasteiger partial charge in [-0.3, -0.25) is 0 Å². The van der Waals surface area contributed by atoms with E-state index in [1.165, 1.54) is 0 Å². The van der Waals surface area contributed by atoms with Crippen LogP contribution >= 0.6 is 0 Å². The third-order valence-electron chi connectivity index (χ3n) is 2.51. The van der Waals surface area contributed by atoms with Gasteiger partial charge < -0.3 is 10.5 Å². The summed E-state index contributed by atoms with van der Waals surface area (Å²) in [5.74, 6) is 0.874. The number of nitriles is 1. The molecular weight excluding hydrogens is 200 g/mol. The smallest absolute Gasteiger partial charge is 0.125 e. The van der Waals surface area contributed by atoms with Gasteiger partial charge in [-0.1, -0.05) is 6.92 Å². The van der Waals surface area contributed by atoms with Gasteiger partial charge in [0.2, 0.25) is 0 Å². The first-order valence-corrected chi connectivity index (χ1v) is 5.52. The zero-order chi connectivity index (χ0) is 12.1. The SMILES string of the molecule is CCc1cc(C#N)cc(C)c1O[C@@H](C)CN. The van der Waals surface area contributed by atoms with Crippen molar-refractivity contribution in [2.24, 2.45) is 5.73 Å². The quantitative estimate of drug-likeness (QED) is 0.842. The van der Waals surface area contributed by atoms with Crippen LogP contribution in [-0.4, -0.2) is 12.6 Å². The maximum atomic E-state index is 8.89. The largest absolute Gasteiger partial charge is 0.489 e. The molecule has 0 saturated carbocycles. The van der Waals surface area contributed by atoms with Crippen molar-refractivity contribution in [3.8, 4) is 11.8 Å². The lowest BCUT2D eigenvalue weighted by molar-refractivity contribution is 0.226. The molecular formula is C13H18N2O. The molecule has 0 spiro atoms. The lowest BCUT2D eigenvalue weighted by Crippen LogP contribution is -2.23. The van der Waals surface area contributed by atoms with Crippen molar-refractivity contribution in [2.75, 3.05) is 6.54 Å². The van der Waals surface area contributed by atoms with E-state index < -0.39 is 0 Å². The average molecular weight is 218 g/mol. The van der Waals surface area contributed by atoms with E-state index in [9.17, 15) is 0 Å². The topological polar surface area (TPSA) is 59.0 Å². The van der Waals surface area contributed by atoms with E-state index in [0.717, 1.165) is 23.3 Å². The van der Waals surface area contributed by atoms with E-state index in [4.69, 9.17) is 15.7 Å². The summed E-state index contributed by atoms with van der Waals surface area (Å²) >= 11 is 0. The fourth-order valence-electron chi connectivity index (χ4n) is 1.59. The first kappa shape index (κ1) is 12.5. The first-order chi connectivity index (χ1) is 7.62. The Balaban J connectivity index is 3.12. The predicted octanol–water partition coefficient (Wildman–Crippen LogP) is 2.16. The molecule has 0 aromatic heterocycles. The van der Waals surface area contributed by atoms with E-state index in [1.807, 2.05) is 26.0 Å². The predicted molar refractivity (Wildman–Crippen MR) is 64.4 cm³/mol. The summed E-state index contributed by atoms with van der Waals surface area (Å²) < 4.78 is 5.78. The van der Waals surface area contributed by atoms with E-state index in [1.54, 1.807) is 0 Å². The van der Waals surface area contributed by atoms with Crippen molar-refractivity contribution in [1.82, 2.24) is 0 Å². The molecule has 0 saturated heterocycles. The third kappa shape index (κ3) is 2.74. The standard InChI is InChI=1S/C13H18N2O/c1-4-12-6-11(8-15)5-9(2)13(12)16-10(3)7-14/h5-6,10H,4,7,14H2,1-3H3/t10-/m0/s1. The van der Waals surface area contributed by atoms with Crippen molar-refractivity contribution in [3.05, 3.63) is 28.8 Å². The molecule has 1 rings (SSSR count). The van der Waals surface area contributed by atoms with E-state index in [-0.39, 0.29) is 6.10 Å². The molecule has 0 bridgehead atoms. The highest BCUT2D eigenvalue weighted by molar-refractivity contribution is 5.47. The highest BCUT2D eigenvalue weighted by Crippen LogP contribution is 2.26. The van der Waals surface area contributed by atoms with Gasteiger partial charge in [-0.25, -0.2) is 0 Å². The van der Waals surface area contributed by atoms with Crippen LogP contribution in [-0.2, 0) is 6.42 Å². The summed E-state index contributed by atoms with van der Waals surface area (Å²) in [5, 5.41) is 8.89. The molecule has 86 valence electrons.